The van der Waals surface area contributed by atoms with Crippen LogP contribution in [0.15, 0.2) is 12.7 Å². The fraction of sp³-hybridized carbons (Fsp3) is 0.647. The Hall–Kier alpha value is -5.48. The highest BCUT2D eigenvalue weighted by atomic mass is 16.5. The molecule has 0 aliphatic rings. The van der Waals surface area contributed by atoms with Crippen molar-refractivity contribution in [2.75, 3.05) is 54.7 Å². The lowest BCUT2D eigenvalue weighted by Gasteiger charge is -2.24. The number of Topliss-reactive ketones (excluding diaryl/α,β-unsaturated/α-hetero) is 1. The predicted octanol–water partition coefficient (Wildman–Crippen LogP) is -4.26. The number of carbonyl (C=O) groups excluding carboxylic acids is 10. The zero-order valence-corrected chi connectivity index (χ0v) is 32.6. The number of amides is 6. The van der Waals surface area contributed by atoms with Crippen LogP contribution in [0.2, 0.25) is 0 Å². The maximum absolute atomic E-state index is 13.1. The van der Waals surface area contributed by atoms with Gasteiger partial charge in [0.25, 0.3) is 0 Å². The number of ether oxygens (including phenoxy) is 4. The minimum atomic E-state index is -1.63. The number of ketones is 1. The van der Waals surface area contributed by atoms with Crippen LogP contribution in [0.4, 0.5) is 0 Å². The van der Waals surface area contributed by atoms with Crippen molar-refractivity contribution in [3.05, 3.63) is 12.7 Å². The van der Waals surface area contributed by atoms with Crippen molar-refractivity contribution < 1.29 is 66.9 Å². The van der Waals surface area contributed by atoms with Gasteiger partial charge in [-0.25, -0.2) is 4.79 Å². The fourth-order valence-electron chi connectivity index (χ4n) is 4.50. The molecule has 0 rings (SSSR count). The molecule has 0 aromatic rings. The Morgan fingerprint density at radius 1 is 0.714 bits per heavy atom. The van der Waals surface area contributed by atoms with E-state index >= 15 is 0 Å². The summed E-state index contributed by atoms with van der Waals surface area (Å²) in [5.74, 6) is -8.38. The molecular formula is C34H56N8O14. The smallest absolute Gasteiger partial charge is 0.328 e. The molecule has 0 aliphatic carbocycles. The fourth-order valence-corrected chi connectivity index (χ4v) is 4.50. The van der Waals surface area contributed by atoms with Gasteiger partial charge in [-0.15, -0.1) is 0 Å². The Morgan fingerprint density at radius 2 is 1.27 bits per heavy atom. The van der Waals surface area contributed by atoms with Crippen LogP contribution < -0.4 is 43.0 Å². The Labute approximate surface area is 324 Å². The highest BCUT2D eigenvalue weighted by Crippen LogP contribution is 2.04. The van der Waals surface area contributed by atoms with Crippen LogP contribution in [0.5, 0.6) is 0 Å². The molecule has 0 aromatic carbocycles. The minimum absolute atomic E-state index is 0.0587. The largest absolute Gasteiger partial charge is 0.469 e. The highest BCUT2D eigenvalue weighted by molar-refractivity contribution is 5.98. The molecule has 0 spiro atoms. The molecule has 6 atom stereocenters. The zero-order valence-electron chi connectivity index (χ0n) is 32.6. The summed E-state index contributed by atoms with van der Waals surface area (Å²) < 4.78 is 19.2. The van der Waals surface area contributed by atoms with Gasteiger partial charge in [-0.1, -0.05) is 12.7 Å². The van der Waals surface area contributed by atoms with Crippen molar-refractivity contribution in [2.24, 2.45) is 5.73 Å². The van der Waals surface area contributed by atoms with Gasteiger partial charge in [-0.2, -0.15) is 0 Å². The van der Waals surface area contributed by atoms with Gasteiger partial charge in [0.05, 0.1) is 46.3 Å². The van der Waals surface area contributed by atoms with Crippen LogP contribution in [0.1, 0.15) is 52.4 Å². The van der Waals surface area contributed by atoms with Crippen LogP contribution in [0.3, 0.4) is 0 Å². The molecule has 22 heteroatoms. The Balaban J connectivity index is 5.68. The standard InChI is InChI=1S/C34H56N8O14/c1-8-14-56-34(52)22(12-11-19(2)43)40-33(51)25(18-53-5)39-26(44)17-37-31(49)23(15-27(45)54-6)41-29(47)20(3)38-32(50)24(16-28(46)55-7)42-30(48)21(35)10-9-13-36-4/h8,20-25,36H,1,9-18,35H2,2-7H3,(H,37,49)(H,38,50)(H,39,44)(H,40,51)(H,41,47)(H,42,48). The van der Waals surface area contributed by atoms with Crippen LogP contribution in [0, 0.1) is 0 Å². The van der Waals surface area contributed by atoms with E-state index in [4.69, 9.17) is 15.2 Å². The molecule has 56 heavy (non-hydrogen) atoms. The summed E-state index contributed by atoms with van der Waals surface area (Å²) in [6, 6.07) is -8.16. The summed E-state index contributed by atoms with van der Waals surface area (Å²) in [4.78, 5) is 126. The van der Waals surface area contributed by atoms with E-state index in [-0.39, 0.29) is 38.3 Å². The Kier molecular flexibility index (Phi) is 25.3. The highest BCUT2D eigenvalue weighted by Gasteiger charge is 2.32. The molecule has 6 unspecified atom stereocenters. The molecule has 0 fully saturated rings. The molecule has 0 bridgehead atoms. The number of hydrogen-bond acceptors (Lipinski definition) is 16. The third-order valence-corrected chi connectivity index (χ3v) is 7.63. The van der Waals surface area contributed by atoms with Gasteiger partial charge in [0.15, 0.2) is 0 Å². The van der Waals surface area contributed by atoms with E-state index in [1.165, 1.54) is 27.0 Å². The second-order valence-corrected chi connectivity index (χ2v) is 12.3. The number of nitrogens with two attached hydrogens (primary N) is 1. The van der Waals surface area contributed by atoms with Gasteiger partial charge >= 0.3 is 17.9 Å². The van der Waals surface area contributed by atoms with E-state index in [1.54, 1.807) is 7.05 Å². The topological polar surface area (TPSA) is 318 Å². The lowest BCUT2D eigenvalue weighted by molar-refractivity contribution is -0.147. The minimum Gasteiger partial charge on any atom is -0.469 e. The average Bonchev–Trinajstić information content (AvgIpc) is 3.16. The van der Waals surface area contributed by atoms with Crippen LogP contribution in [-0.2, 0) is 66.9 Å². The van der Waals surface area contributed by atoms with Gasteiger partial charge < -0.3 is 66.7 Å². The number of carbonyl (C=O) groups is 10. The Bertz CT molecular complexity index is 1390. The third kappa shape index (κ3) is 20.8. The van der Waals surface area contributed by atoms with Crippen molar-refractivity contribution in [2.45, 2.75) is 88.6 Å². The van der Waals surface area contributed by atoms with Gasteiger partial charge in [0, 0.05) is 13.5 Å². The normalized spacial score (nSPS) is 13.8. The van der Waals surface area contributed by atoms with E-state index in [1.807, 2.05) is 0 Å². The monoisotopic (exact) mass is 800 g/mol. The summed E-state index contributed by atoms with van der Waals surface area (Å²) in [7, 11) is 5.06. The van der Waals surface area contributed by atoms with E-state index in [9.17, 15) is 47.9 Å². The van der Waals surface area contributed by atoms with Crippen molar-refractivity contribution in [3.63, 3.8) is 0 Å². The van der Waals surface area contributed by atoms with Crippen molar-refractivity contribution in [3.8, 4) is 0 Å². The number of rotatable bonds is 28. The summed E-state index contributed by atoms with van der Waals surface area (Å²) in [6.07, 6.45) is 0.670. The van der Waals surface area contributed by atoms with Crippen molar-refractivity contribution in [1.29, 1.82) is 0 Å². The predicted molar refractivity (Wildman–Crippen MR) is 196 cm³/mol. The van der Waals surface area contributed by atoms with E-state index in [2.05, 4.69) is 53.3 Å². The molecule has 0 radical (unpaired) electrons. The molecule has 0 saturated heterocycles. The van der Waals surface area contributed by atoms with Crippen LogP contribution >= 0.6 is 0 Å². The zero-order chi connectivity index (χ0) is 42.8. The lowest BCUT2D eigenvalue weighted by Crippen LogP contribution is -2.58. The van der Waals surface area contributed by atoms with Crippen molar-refractivity contribution in [1.82, 2.24) is 37.2 Å². The first-order chi connectivity index (χ1) is 26.4. The molecule has 0 aliphatic heterocycles. The second kappa shape index (κ2) is 28.0. The first-order valence-corrected chi connectivity index (χ1v) is 17.5. The molecule has 316 valence electrons. The summed E-state index contributed by atoms with van der Waals surface area (Å²) >= 11 is 0. The summed E-state index contributed by atoms with van der Waals surface area (Å²) in [5, 5.41) is 16.8. The first kappa shape index (κ1) is 50.5. The summed E-state index contributed by atoms with van der Waals surface area (Å²) in [5.41, 5.74) is 5.90. The van der Waals surface area contributed by atoms with Gasteiger partial charge in [-0.3, -0.25) is 38.4 Å². The van der Waals surface area contributed by atoms with E-state index < -0.39 is 109 Å². The number of methoxy groups -OCH3 is 3. The van der Waals surface area contributed by atoms with Crippen molar-refractivity contribution >= 4 is 59.1 Å². The third-order valence-electron chi connectivity index (χ3n) is 7.63. The van der Waals surface area contributed by atoms with Gasteiger partial charge in [0.1, 0.15) is 42.6 Å². The molecule has 0 saturated carbocycles. The second-order valence-electron chi connectivity index (χ2n) is 12.3. The molecule has 6 amide bonds. The molecule has 0 heterocycles. The van der Waals surface area contributed by atoms with Gasteiger partial charge in [0.2, 0.25) is 35.4 Å². The molecule has 9 N–H and O–H groups in total. The first-order valence-electron chi connectivity index (χ1n) is 17.5. The number of esters is 3. The lowest BCUT2D eigenvalue weighted by atomic mass is 10.1. The molecule has 0 aromatic heterocycles. The van der Waals surface area contributed by atoms with E-state index in [0.29, 0.717) is 13.0 Å². The molecular weight excluding hydrogens is 744 g/mol. The average molecular weight is 801 g/mol. The SMILES string of the molecule is C=CCOC(=O)C(CCC(C)=O)NC(=O)C(COC)NC(=O)CNC(=O)C(CC(=O)OC)NC(=O)C(C)NC(=O)C(CC(=O)OC)NC(=O)C(N)CCCNC. The Morgan fingerprint density at radius 3 is 1.80 bits per heavy atom. The van der Waals surface area contributed by atoms with Crippen LogP contribution in [0.25, 0.3) is 0 Å². The van der Waals surface area contributed by atoms with Crippen LogP contribution in [-0.4, -0.2) is 150 Å². The number of nitrogens with one attached hydrogen (secondary N) is 7. The number of hydrogen-bond donors (Lipinski definition) is 8. The van der Waals surface area contributed by atoms with Gasteiger partial charge in [-0.05, 0) is 46.7 Å². The maximum atomic E-state index is 13.1. The quantitative estimate of drug-likeness (QED) is 0.0161. The molecule has 22 nitrogen and oxygen atoms in total. The summed E-state index contributed by atoms with van der Waals surface area (Å²) in [6.45, 7) is 5.25. The van der Waals surface area contributed by atoms with E-state index in [0.717, 1.165) is 14.2 Å². The maximum Gasteiger partial charge on any atom is 0.328 e.